The molecule has 0 bridgehead atoms. The van der Waals surface area contributed by atoms with Gasteiger partial charge in [0.2, 0.25) is 0 Å². The van der Waals surface area contributed by atoms with E-state index in [1.54, 1.807) is 33.4 Å². The number of hydrogen-bond acceptors (Lipinski definition) is 0. The van der Waals surface area contributed by atoms with Gasteiger partial charge in [-0.2, -0.15) is 0 Å². The van der Waals surface area contributed by atoms with E-state index in [4.69, 9.17) is 0 Å². The van der Waals surface area contributed by atoms with Crippen molar-refractivity contribution >= 4 is 17.1 Å². The van der Waals surface area contributed by atoms with Crippen LogP contribution in [0.25, 0.3) is 11.1 Å². The fraction of sp³-hybridized carbons (Fsp3) is 0.333. The van der Waals surface area contributed by atoms with Gasteiger partial charge in [-0.1, -0.05) is 0 Å². The molecule has 2 aliphatic rings. The van der Waals surface area contributed by atoms with E-state index in [0.717, 1.165) is 7.25 Å². The Bertz CT molecular complexity index is 872. The van der Waals surface area contributed by atoms with E-state index >= 15 is 0 Å². The molecule has 0 aliphatic heterocycles. The second kappa shape index (κ2) is 9.17. The molecule has 4 heteroatoms. The van der Waals surface area contributed by atoms with Gasteiger partial charge in [-0.05, 0) is 0 Å². The van der Waals surface area contributed by atoms with Gasteiger partial charge in [-0.3, -0.25) is 0 Å². The summed E-state index contributed by atoms with van der Waals surface area (Å²) in [5.41, 5.74) is 12.9. The van der Waals surface area contributed by atoms with Gasteiger partial charge in [0.25, 0.3) is 0 Å². The predicted molar refractivity (Wildman–Crippen MR) is 114 cm³/mol. The fourth-order valence-electron chi connectivity index (χ4n) is 5.20. The minimum absolute atomic E-state index is 0. The normalized spacial score (nSPS) is 20.0. The van der Waals surface area contributed by atoms with Gasteiger partial charge in [0, 0.05) is 0 Å². The van der Waals surface area contributed by atoms with Crippen molar-refractivity contribution in [3.63, 3.8) is 0 Å². The molecule has 0 saturated heterocycles. The Labute approximate surface area is 191 Å². The minimum atomic E-state index is -1.80. The molecule has 2 aromatic rings. The third-order valence-corrected chi connectivity index (χ3v) is 28.8. The van der Waals surface area contributed by atoms with Crippen LogP contribution in [-0.2, 0) is 20.9 Å². The van der Waals surface area contributed by atoms with Gasteiger partial charge in [-0.15, -0.1) is 0 Å². The molecule has 147 valence electrons. The standard InChI is InChI=1S/2C11H11.C2H7Si.2ClH.Zr/c2*1-8-7-10-5-3-4-6-11(10)9(8)2;1-3-2;;;/h2*3-7H,1-2H3;3H,1-2H3;2*1H;/q;;;;;+2/p-2. The molecule has 0 spiro atoms. The summed E-state index contributed by atoms with van der Waals surface area (Å²) in [5, 5.41) is 0. The van der Waals surface area contributed by atoms with Crippen LogP contribution in [0.3, 0.4) is 0 Å². The number of fused-ring (bicyclic) bond motifs is 2. The molecule has 2 unspecified atom stereocenters. The Balaban J connectivity index is 0.00000140. The van der Waals surface area contributed by atoms with E-state index in [1.807, 2.05) is 0 Å². The summed E-state index contributed by atoms with van der Waals surface area (Å²) < 4.78 is 1.55. The average molecular weight is 508 g/mol. The molecule has 0 amide bonds. The summed E-state index contributed by atoms with van der Waals surface area (Å²) in [5.74, 6) is -0.713. The smallest absolute Gasteiger partial charge is 1.00 e. The SMILES string of the molecule is CC1=C(C)[CH]([Zr+2]([CH]2C(C)=C(C)c3ccccc32)[SiH](C)C)c2ccccc21.[Cl-].[Cl-]. The first-order chi connectivity index (χ1) is 12.4. The van der Waals surface area contributed by atoms with Crippen molar-refractivity contribution in [3.8, 4) is 0 Å². The van der Waals surface area contributed by atoms with E-state index in [1.165, 1.54) is 11.1 Å². The number of benzene rings is 2. The molecule has 0 saturated carbocycles. The van der Waals surface area contributed by atoms with E-state index in [9.17, 15) is 0 Å². The first-order valence-electron chi connectivity index (χ1n) is 9.83. The second-order valence-corrected chi connectivity index (χ2v) is 28.4. The average Bonchev–Trinajstić information content (AvgIpc) is 3.03. The Morgan fingerprint density at radius 1 is 0.643 bits per heavy atom. The molecule has 4 rings (SSSR count). The molecule has 2 atom stereocenters. The molecule has 0 aromatic heterocycles. The van der Waals surface area contributed by atoms with Gasteiger partial charge in [0.15, 0.2) is 0 Å². The van der Waals surface area contributed by atoms with Crippen molar-refractivity contribution in [2.24, 2.45) is 0 Å². The van der Waals surface area contributed by atoms with E-state index in [2.05, 4.69) is 89.3 Å². The number of hydrogen-bond donors (Lipinski definition) is 0. The van der Waals surface area contributed by atoms with Gasteiger partial charge >= 0.3 is 168 Å². The summed E-state index contributed by atoms with van der Waals surface area (Å²) in [7, 11) is 0. The van der Waals surface area contributed by atoms with Crippen molar-refractivity contribution < 1.29 is 45.7 Å². The number of allylic oxidation sites excluding steroid dienone is 4. The summed E-state index contributed by atoms with van der Waals surface area (Å²) >= 11 is -1.80. The minimum Gasteiger partial charge on any atom is -1.00 e. The van der Waals surface area contributed by atoms with Crippen molar-refractivity contribution in [2.45, 2.75) is 48.0 Å². The summed E-state index contributed by atoms with van der Waals surface area (Å²) in [4.78, 5) is 0. The van der Waals surface area contributed by atoms with Gasteiger partial charge < -0.3 is 24.8 Å². The monoisotopic (exact) mass is 505 g/mol. The van der Waals surface area contributed by atoms with Crippen LogP contribution in [0, 0.1) is 0 Å². The zero-order valence-corrected chi connectivity index (χ0v) is 22.7. The van der Waals surface area contributed by atoms with Crippen molar-refractivity contribution in [1.29, 1.82) is 0 Å². The van der Waals surface area contributed by atoms with Gasteiger partial charge in [0.1, 0.15) is 0 Å². The molecule has 0 radical (unpaired) electrons. The molecule has 0 N–H and O–H groups in total. The van der Waals surface area contributed by atoms with E-state index in [-0.39, 0.29) is 24.8 Å². The second-order valence-electron chi connectivity index (χ2n) is 8.31. The summed E-state index contributed by atoms with van der Waals surface area (Å²) in [6, 6.07) is 18.5. The van der Waals surface area contributed by atoms with Crippen molar-refractivity contribution in [2.75, 3.05) is 0 Å². The van der Waals surface area contributed by atoms with Gasteiger partial charge in [0.05, 0.1) is 0 Å². The molecular weight excluding hydrogens is 478 g/mol. The van der Waals surface area contributed by atoms with Crippen LogP contribution < -0.4 is 24.8 Å². The molecular formula is C24H29Cl2SiZr. The quantitative estimate of drug-likeness (QED) is 0.537. The number of rotatable bonds is 3. The maximum Gasteiger partial charge on any atom is -1.00 e. The van der Waals surface area contributed by atoms with Crippen molar-refractivity contribution in [1.82, 2.24) is 0 Å². The first kappa shape index (κ1) is 23.9. The Hall–Kier alpha value is -0.400. The first-order valence-corrected chi connectivity index (χ1v) is 19.8. The molecule has 0 heterocycles. The Morgan fingerprint density at radius 3 is 1.36 bits per heavy atom. The summed E-state index contributed by atoms with van der Waals surface area (Å²) in [6.45, 7) is 14.9. The van der Waals surface area contributed by atoms with Crippen molar-refractivity contribution in [3.05, 3.63) is 81.9 Å². The maximum atomic E-state index is 2.64. The van der Waals surface area contributed by atoms with Crippen LogP contribution in [-0.4, -0.2) is 5.92 Å². The van der Waals surface area contributed by atoms with Gasteiger partial charge in [-0.25, -0.2) is 0 Å². The topological polar surface area (TPSA) is 0 Å². The van der Waals surface area contributed by atoms with E-state index < -0.39 is 26.8 Å². The van der Waals surface area contributed by atoms with E-state index in [0.29, 0.717) is 0 Å². The molecule has 0 fully saturated rings. The fourth-order valence-corrected chi connectivity index (χ4v) is 28.8. The Kier molecular flexibility index (Phi) is 7.82. The zero-order chi connectivity index (χ0) is 18.6. The molecule has 0 nitrogen and oxygen atoms in total. The van der Waals surface area contributed by atoms with Crippen LogP contribution in [0.4, 0.5) is 0 Å². The molecule has 28 heavy (non-hydrogen) atoms. The summed E-state index contributed by atoms with van der Waals surface area (Å²) in [6.07, 6.45) is 0. The van der Waals surface area contributed by atoms with Crippen LogP contribution >= 0.6 is 0 Å². The molecule has 2 aromatic carbocycles. The molecule has 2 aliphatic carbocycles. The Morgan fingerprint density at radius 2 is 1.00 bits per heavy atom. The van der Waals surface area contributed by atoms with Crippen LogP contribution in [0.15, 0.2) is 59.7 Å². The largest absolute Gasteiger partial charge is 1.00 e. The van der Waals surface area contributed by atoms with Crippen LogP contribution in [0.5, 0.6) is 0 Å². The van der Waals surface area contributed by atoms with Crippen LogP contribution in [0.2, 0.25) is 13.1 Å². The van der Waals surface area contributed by atoms with Crippen LogP contribution in [0.1, 0.15) is 57.2 Å². The third kappa shape index (κ3) is 3.60. The predicted octanol–water partition coefficient (Wildman–Crippen LogP) is 0.693. The zero-order valence-electron chi connectivity index (χ0n) is 17.6. The third-order valence-electron chi connectivity index (χ3n) is 6.73. The maximum absolute atomic E-state index is 2.64. The number of halogens is 2.